The second-order valence-corrected chi connectivity index (χ2v) is 8.16. The summed E-state index contributed by atoms with van der Waals surface area (Å²) in [6, 6.07) is 24.6. The molecule has 5 aromatic rings. The summed E-state index contributed by atoms with van der Waals surface area (Å²) < 4.78 is 3.31. The van der Waals surface area contributed by atoms with E-state index in [1.807, 2.05) is 83.7 Å². The summed E-state index contributed by atoms with van der Waals surface area (Å²) in [5.74, 6) is -0.152. The average Bonchev–Trinajstić information content (AvgIpc) is 3.55. The molecule has 0 atom stereocenters. The van der Waals surface area contributed by atoms with Crippen molar-refractivity contribution in [2.24, 2.45) is 0 Å². The van der Waals surface area contributed by atoms with Crippen LogP contribution in [0, 0.1) is 0 Å². The van der Waals surface area contributed by atoms with Crippen LogP contribution in [0.3, 0.4) is 0 Å². The maximum atomic E-state index is 13.4. The molecule has 0 aliphatic heterocycles. The molecule has 0 saturated carbocycles. The molecule has 168 valence electrons. The van der Waals surface area contributed by atoms with Gasteiger partial charge in [0.05, 0.1) is 22.6 Å². The third-order valence-corrected chi connectivity index (χ3v) is 5.66. The lowest BCUT2D eigenvalue weighted by Crippen LogP contribution is -2.27. The minimum absolute atomic E-state index is 0.152. The first-order valence-electron chi connectivity index (χ1n) is 10.6. The molecule has 1 amide bonds. The van der Waals surface area contributed by atoms with Gasteiger partial charge in [0.25, 0.3) is 5.91 Å². The number of aromatic nitrogens is 6. The fraction of sp³-hybridized carbons (Fsp3) is 0.0800. The third-order valence-electron chi connectivity index (χ3n) is 5.41. The molecule has 0 aliphatic carbocycles. The van der Waals surface area contributed by atoms with Gasteiger partial charge >= 0.3 is 0 Å². The van der Waals surface area contributed by atoms with Crippen molar-refractivity contribution in [3.8, 4) is 22.6 Å². The molecule has 0 N–H and O–H groups in total. The molecule has 3 aromatic carbocycles. The lowest BCUT2D eigenvalue weighted by molar-refractivity contribution is 0.0785. The summed E-state index contributed by atoms with van der Waals surface area (Å²) in [6.45, 7) is 0.355. The Bertz CT molecular complexity index is 1410. The van der Waals surface area contributed by atoms with Gasteiger partial charge in [-0.05, 0) is 46.8 Å². The monoisotopic (exact) mass is 469 g/mol. The van der Waals surface area contributed by atoms with Gasteiger partial charge in [-0.3, -0.25) is 4.79 Å². The maximum Gasteiger partial charge on any atom is 0.256 e. The van der Waals surface area contributed by atoms with E-state index < -0.39 is 0 Å². The smallest absolute Gasteiger partial charge is 0.256 e. The highest BCUT2D eigenvalue weighted by molar-refractivity contribution is 6.30. The highest BCUT2D eigenvalue weighted by Gasteiger charge is 2.20. The van der Waals surface area contributed by atoms with E-state index in [9.17, 15) is 4.79 Å². The van der Waals surface area contributed by atoms with Crippen LogP contribution in [0.5, 0.6) is 0 Å². The van der Waals surface area contributed by atoms with E-state index >= 15 is 0 Å². The first kappa shape index (κ1) is 21.5. The SMILES string of the molecule is CN(Cc1cn(-c2ccccc2)nc1-c1ccc(Cl)cc1)C(=O)c1ccccc1-n1cnnn1. The number of rotatable bonds is 6. The number of tetrazole rings is 1. The number of carbonyl (C=O) groups excluding carboxylic acids is 1. The Labute approximate surface area is 201 Å². The number of hydrogen-bond acceptors (Lipinski definition) is 5. The Morgan fingerprint density at radius 3 is 2.41 bits per heavy atom. The Balaban J connectivity index is 1.50. The number of nitrogens with zero attached hydrogens (tertiary/aromatic N) is 7. The van der Waals surface area contributed by atoms with Crippen molar-refractivity contribution in [1.29, 1.82) is 0 Å². The van der Waals surface area contributed by atoms with E-state index in [-0.39, 0.29) is 5.91 Å². The Morgan fingerprint density at radius 1 is 0.941 bits per heavy atom. The molecule has 0 radical (unpaired) electrons. The number of halogens is 1. The molecule has 2 aromatic heterocycles. The van der Waals surface area contributed by atoms with Gasteiger partial charge in [0.2, 0.25) is 0 Å². The summed E-state index contributed by atoms with van der Waals surface area (Å²) in [5.41, 5.74) is 4.66. The lowest BCUT2D eigenvalue weighted by atomic mass is 10.1. The van der Waals surface area contributed by atoms with Crippen LogP contribution in [0.4, 0.5) is 0 Å². The highest BCUT2D eigenvalue weighted by Crippen LogP contribution is 2.27. The topological polar surface area (TPSA) is 81.7 Å². The Hall–Kier alpha value is -4.30. The molecule has 0 spiro atoms. The number of carbonyl (C=O) groups is 1. The predicted octanol–water partition coefficient (Wildman–Crippen LogP) is 4.44. The van der Waals surface area contributed by atoms with Gasteiger partial charge in [-0.1, -0.05) is 54.1 Å². The largest absolute Gasteiger partial charge is 0.337 e. The number of hydrogen-bond donors (Lipinski definition) is 0. The van der Waals surface area contributed by atoms with E-state index in [2.05, 4.69) is 15.5 Å². The fourth-order valence-electron chi connectivity index (χ4n) is 3.75. The van der Waals surface area contributed by atoms with Crippen molar-refractivity contribution in [3.63, 3.8) is 0 Å². The molecule has 8 nitrogen and oxygen atoms in total. The molecule has 2 heterocycles. The Kier molecular flexibility index (Phi) is 5.88. The Morgan fingerprint density at radius 2 is 1.68 bits per heavy atom. The van der Waals surface area contributed by atoms with Crippen LogP contribution in [-0.4, -0.2) is 47.8 Å². The van der Waals surface area contributed by atoms with Crippen LogP contribution >= 0.6 is 11.6 Å². The zero-order chi connectivity index (χ0) is 23.5. The van der Waals surface area contributed by atoms with Crippen molar-refractivity contribution in [1.82, 2.24) is 34.9 Å². The minimum atomic E-state index is -0.152. The van der Waals surface area contributed by atoms with Crippen LogP contribution < -0.4 is 0 Å². The van der Waals surface area contributed by atoms with E-state index in [0.29, 0.717) is 22.8 Å². The van der Waals surface area contributed by atoms with Gasteiger partial charge in [0, 0.05) is 35.9 Å². The normalized spacial score (nSPS) is 10.9. The molecule has 0 fully saturated rings. The minimum Gasteiger partial charge on any atom is -0.337 e. The maximum absolute atomic E-state index is 13.4. The van der Waals surface area contributed by atoms with Gasteiger partial charge in [-0.25, -0.2) is 4.68 Å². The molecule has 0 bridgehead atoms. The van der Waals surface area contributed by atoms with Gasteiger partial charge in [-0.2, -0.15) is 9.78 Å². The summed E-state index contributed by atoms with van der Waals surface area (Å²) in [6.07, 6.45) is 3.42. The second-order valence-electron chi connectivity index (χ2n) is 7.72. The molecule has 0 saturated heterocycles. The van der Waals surface area contributed by atoms with Gasteiger partial charge in [0.15, 0.2) is 0 Å². The van der Waals surface area contributed by atoms with E-state index in [4.69, 9.17) is 16.7 Å². The van der Waals surface area contributed by atoms with Crippen molar-refractivity contribution < 1.29 is 4.79 Å². The summed E-state index contributed by atoms with van der Waals surface area (Å²) >= 11 is 6.10. The lowest BCUT2D eigenvalue weighted by Gasteiger charge is -2.19. The molecule has 0 aliphatic rings. The molecule has 0 unspecified atom stereocenters. The van der Waals surface area contributed by atoms with Crippen LogP contribution in [0.1, 0.15) is 15.9 Å². The van der Waals surface area contributed by atoms with Crippen molar-refractivity contribution in [2.45, 2.75) is 6.54 Å². The molecular weight excluding hydrogens is 450 g/mol. The van der Waals surface area contributed by atoms with E-state index in [0.717, 1.165) is 22.5 Å². The number of amides is 1. The summed E-state index contributed by atoms with van der Waals surface area (Å²) in [7, 11) is 1.77. The van der Waals surface area contributed by atoms with Gasteiger partial charge < -0.3 is 4.90 Å². The van der Waals surface area contributed by atoms with Crippen LogP contribution in [-0.2, 0) is 6.54 Å². The quantitative estimate of drug-likeness (QED) is 0.367. The van der Waals surface area contributed by atoms with Crippen molar-refractivity contribution in [3.05, 3.63) is 108 Å². The summed E-state index contributed by atoms with van der Waals surface area (Å²) in [5, 5.41) is 16.8. The average molecular weight is 470 g/mol. The van der Waals surface area contributed by atoms with E-state index in [1.54, 1.807) is 18.0 Å². The second kappa shape index (κ2) is 9.29. The zero-order valence-corrected chi connectivity index (χ0v) is 19.0. The van der Waals surface area contributed by atoms with Crippen LogP contribution in [0.2, 0.25) is 5.02 Å². The first-order chi connectivity index (χ1) is 16.6. The third kappa shape index (κ3) is 4.31. The van der Waals surface area contributed by atoms with E-state index in [1.165, 1.54) is 11.0 Å². The molecule has 34 heavy (non-hydrogen) atoms. The zero-order valence-electron chi connectivity index (χ0n) is 18.3. The van der Waals surface area contributed by atoms with Crippen LogP contribution in [0.15, 0.2) is 91.4 Å². The first-order valence-corrected chi connectivity index (χ1v) is 11.0. The predicted molar refractivity (Wildman–Crippen MR) is 129 cm³/mol. The van der Waals surface area contributed by atoms with Crippen molar-refractivity contribution in [2.75, 3.05) is 7.05 Å². The molecule has 5 rings (SSSR count). The van der Waals surface area contributed by atoms with Crippen molar-refractivity contribution >= 4 is 17.5 Å². The standard InChI is InChI=1S/C25H20ClN7O/c1-31(25(34)22-9-5-6-10-23(22)33-17-27-29-30-33)15-19-16-32(21-7-3-2-4-8-21)28-24(19)18-11-13-20(26)14-12-18/h2-14,16-17H,15H2,1H3. The molecule has 9 heteroatoms. The number of para-hydroxylation sites is 2. The summed E-state index contributed by atoms with van der Waals surface area (Å²) in [4.78, 5) is 15.1. The van der Waals surface area contributed by atoms with Gasteiger partial charge in [0.1, 0.15) is 6.33 Å². The van der Waals surface area contributed by atoms with Gasteiger partial charge in [-0.15, -0.1) is 5.10 Å². The fourth-order valence-corrected chi connectivity index (χ4v) is 3.87. The molecular formula is C25H20ClN7O. The van der Waals surface area contributed by atoms with Crippen LogP contribution in [0.25, 0.3) is 22.6 Å². The number of benzene rings is 3. The highest BCUT2D eigenvalue weighted by atomic mass is 35.5.